The van der Waals surface area contributed by atoms with E-state index in [4.69, 9.17) is 16.3 Å². The van der Waals surface area contributed by atoms with Gasteiger partial charge in [0.05, 0.1) is 46.5 Å². The standard InChI is InChI=1S/C30H38BrClN2O5S/c1-6-8-13-39-29(38)22-23-27(36)34(19(16-35)14-17(3)4)26(30(23)15-20(31)25(22)40-30)28(37)33(12-7-2)24-18(5)10-9-11-21(24)32/h6-7,9-11,17,19-20,22-23,25-26,35H,1-2,8,12-16H2,3-5H3/t19-,20?,22+,23+,25+,26?,30?/m1/s1. The molecule has 2 bridgehead atoms. The zero-order chi connectivity index (χ0) is 29.4. The predicted octanol–water partition coefficient (Wildman–Crippen LogP) is 5.16. The van der Waals surface area contributed by atoms with Crippen molar-refractivity contribution in [1.29, 1.82) is 0 Å². The van der Waals surface area contributed by atoms with Crippen LogP contribution in [0.4, 0.5) is 5.69 Å². The normalized spacial score (nSPS) is 29.4. The molecule has 1 spiro atoms. The summed E-state index contributed by atoms with van der Waals surface area (Å²) in [6, 6.07) is 3.97. The number of amides is 2. The number of esters is 1. The van der Waals surface area contributed by atoms with Crippen molar-refractivity contribution in [3.05, 3.63) is 54.1 Å². The molecular formula is C30H38BrClN2O5S. The number of fused-ring (bicyclic) bond motifs is 1. The average Bonchev–Trinajstić information content (AvgIpc) is 3.49. The molecule has 3 fully saturated rings. The lowest BCUT2D eigenvalue weighted by atomic mass is 9.71. The molecule has 1 N–H and O–H groups in total. The molecular weight excluding hydrogens is 616 g/mol. The van der Waals surface area contributed by atoms with E-state index in [1.54, 1.807) is 39.8 Å². The number of likely N-dealkylation sites (tertiary alicyclic amines) is 1. The molecule has 7 nitrogen and oxygen atoms in total. The molecule has 1 aromatic carbocycles. The summed E-state index contributed by atoms with van der Waals surface area (Å²) in [5, 5.41) is 10.7. The number of carbonyl (C=O) groups is 3. The molecule has 10 heteroatoms. The molecule has 0 radical (unpaired) electrons. The number of thioether (sulfide) groups is 1. The van der Waals surface area contributed by atoms with Crippen molar-refractivity contribution in [2.45, 2.75) is 66.9 Å². The molecule has 4 rings (SSSR count). The largest absolute Gasteiger partial charge is 0.465 e. The molecule has 3 saturated heterocycles. The van der Waals surface area contributed by atoms with E-state index >= 15 is 0 Å². The van der Waals surface area contributed by atoms with Gasteiger partial charge in [-0.1, -0.05) is 65.7 Å². The average molecular weight is 654 g/mol. The Kier molecular flexibility index (Phi) is 9.80. The van der Waals surface area contributed by atoms with Gasteiger partial charge in [0, 0.05) is 16.6 Å². The molecule has 3 aliphatic heterocycles. The van der Waals surface area contributed by atoms with E-state index in [1.165, 1.54) is 0 Å². The SMILES string of the molecule is C=CCCOC(=O)[C@H]1[C@H]2C(=O)N([C@@H](CO)CC(C)C)C(C(=O)N(CC=C)c3c(C)cccc3Cl)C23CC(Br)[C@@H]1S3. The molecule has 40 heavy (non-hydrogen) atoms. The van der Waals surface area contributed by atoms with Gasteiger partial charge in [0.1, 0.15) is 6.04 Å². The number of ether oxygens (including phenoxy) is 1. The summed E-state index contributed by atoms with van der Waals surface area (Å²) >= 11 is 12.0. The lowest BCUT2D eigenvalue weighted by molar-refractivity contribution is -0.154. The van der Waals surface area contributed by atoms with Crippen LogP contribution in [0, 0.1) is 24.7 Å². The number of hydrogen-bond donors (Lipinski definition) is 1. The lowest BCUT2D eigenvalue weighted by Crippen LogP contribution is -2.58. The summed E-state index contributed by atoms with van der Waals surface area (Å²) < 4.78 is 4.73. The lowest BCUT2D eigenvalue weighted by Gasteiger charge is -2.40. The molecule has 3 heterocycles. The third kappa shape index (κ3) is 5.27. The Hall–Kier alpha value is -1.81. The van der Waals surface area contributed by atoms with E-state index in [2.05, 4.69) is 29.1 Å². The summed E-state index contributed by atoms with van der Waals surface area (Å²) in [5.41, 5.74) is 1.39. The third-order valence-corrected chi connectivity index (χ3v) is 11.7. The van der Waals surface area contributed by atoms with E-state index in [1.807, 2.05) is 32.9 Å². The first-order valence-corrected chi connectivity index (χ1v) is 15.9. The van der Waals surface area contributed by atoms with Crippen LogP contribution in [-0.2, 0) is 19.1 Å². The number of nitrogens with zero attached hydrogens (tertiary/aromatic N) is 2. The van der Waals surface area contributed by atoms with Gasteiger partial charge in [0.15, 0.2) is 0 Å². The first-order chi connectivity index (χ1) is 19.0. The predicted molar refractivity (Wildman–Crippen MR) is 164 cm³/mol. The highest BCUT2D eigenvalue weighted by molar-refractivity contribution is 9.09. The van der Waals surface area contributed by atoms with Crippen molar-refractivity contribution in [2.75, 3.05) is 24.7 Å². The number of anilines is 1. The molecule has 3 aliphatic rings. The molecule has 1 aromatic rings. The summed E-state index contributed by atoms with van der Waals surface area (Å²) in [4.78, 5) is 45.8. The Bertz CT molecular complexity index is 1160. The van der Waals surface area contributed by atoms with Crippen LogP contribution in [0.5, 0.6) is 0 Å². The fraction of sp³-hybridized carbons (Fsp3) is 0.567. The number of aliphatic hydroxyl groups is 1. The van der Waals surface area contributed by atoms with Gasteiger partial charge < -0.3 is 19.6 Å². The van der Waals surface area contributed by atoms with Crippen LogP contribution < -0.4 is 4.90 Å². The topological polar surface area (TPSA) is 87.1 Å². The Labute approximate surface area is 254 Å². The van der Waals surface area contributed by atoms with Gasteiger partial charge >= 0.3 is 5.97 Å². The molecule has 0 aliphatic carbocycles. The molecule has 218 valence electrons. The maximum absolute atomic E-state index is 14.8. The Morgan fingerprint density at radius 3 is 2.67 bits per heavy atom. The zero-order valence-corrected chi connectivity index (χ0v) is 26.4. The van der Waals surface area contributed by atoms with Crippen molar-refractivity contribution in [3.8, 4) is 0 Å². The number of aliphatic hydroxyl groups excluding tert-OH is 1. The van der Waals surface area contributed by atoms with Crippen LogP contribution in [0.25, 0.3) is 0 Å². The van der Waals surface area contributed by atoms with Crippen LogP contribution in [0.2, 0.25) is 5.02 Å². The molecule has 7 atom stereocenters. The first-order valence-electron chi connectivity index (χ1n) is 13.7. The van der Waals surface area contributed by atoms with Crippen LogP contribution in [0.1, 0.15) is 38.7 Å². The van der Waals surface area contributed by atoms with E-state index in [-0.39, 0.29) is 47.6 Å². The summed E-state index contributed by atoms with van der Waals surface area (Å²) in [5.74, 6) is -2.25. The van der Waals surface area contributed by atoms with Crippen molar-refractivity contribution in [3.63, 3.8) is 0 Å². The number of aryl methyl sites for hydroxylation is 1. The van der Waals surface area contributed by atoms with Crippen molar-refractivity contribution in [2.24, 2.45) is 17.8 Å². The highest BCUT2D eigenvalue weighted by Crippen LogP contribution is 2.68. The molecule has 2 amide bonds. The van der Waals surface area contributed by atoms with Gasteiger partial charge in [-0.05, 0) is 43.7 Å². The van der Waals surface area contributed by atoms with Crippen molar-refractivity contribution in [1.82, 2.24) is 4.90 Å². The Balaban J connectivity index is 1.85. The quantitative estimate of drug-likeness (QED) is 0.145. The minimum atomic E-state index is -0.905. The van der Waals surface area contributed by atoms with E-state index < -0.39 is 34.6 Å². The minimum absolute atomic E-state index is 0.0821. The zero-order valence-electron chi connectivity index (χ0n) is 23.2. The molecule has 0 aromatic heterocycles. The maximum Gasteiger partial charge on any atom is 0.310 e. The third-order valence-electron chi connectivity index (χ3n) is 8.18. The molecule has 0 saturated carbocycles. The van der Waals surface area contributed by atoms with E-state index in [9.17, 15) is 19.5 Å². The van der Waals surface area contributed by atoms with Crippen LogP contribution in [-0.4, -0.2) is 74.5 Å². The number of alkyl halides is 1. The van der Waals surface area contributed by atoms with Crippen LogP contribution in [0.15, 0.2) is 43.5 Å². The van der Waals surface area contributed by atoms with Crippen LogP contribution >= 0.6 is 39.3 Å². The summed E-state index contributed by atoms with van der Waals surface area (Å²) in [7, 11) is 0. The fourth-order valence-electron chi connectivity index (χ4n) is 6.70. The molecule has 3 unspecified atom stereocenters. The van der Waals surface area contributed by atoms with Gasteiger partial charge in [0.2, 0.25) is 5.91 Å². The summed E-state index contributed by atoms with van der Waals surface area (Å²) in [6.07, 6.45) is 4.88. The second kappa shape index (κ2) is 12.6. The number of para-hydroxylation sites is 1. The first kappa shape index (κ1) is 31.1. The Morgan fingerprint density at radius 1 is 1.35 bits per heavy atom. The van der Waals surface area contributed by atoms with Crippen LogP contribution in [0.3, 0.4) is 0 Å². The number of halogens is 2. The second-order valence-corrected chi connectivity index (χ2v) is 14.4. The minimum Gasteiger partial charge on any atom is -0.465 e. The second-order valence-electron chi connectivity index (χ2n) is 11.3. The number of hydrogen-bond acceptors (Lipinski definition) is 6. The Morgan fingerprint density at radius 2 is 2.08 bits per heavy atom. The van der Waals surface area contributed by atoms with Gasteiger partial charge in [-0.15, -0.1) is 24.9 Å². The van der Waals surface area contributed by atoms with Gasteiger partial charge in [-0.25, -0.2) is 0 Å². The van der Waals surface area contributed by atoms with E-state index in [0.29, 0.717) is 30.0 Å². The fourth-order valence-corrected chi connectivity index (χ4v) is 10.6. The highest BCUT2D eigenvalue weighted by atomic mass is 79.9. The van der Waals surface area contributed by atoms with Crippen molar-refractivity contribution >= 4 is 62.8 Å². The number of benzene rings is 1. The van der Waals surface area contributed by atoms with Gasteiger partial charge in [-0.2, -0.15) is 0 Å². The van der Waals surface area contributed by atoms with Gasteiger partial charge in [-0.3, -0.25) is 14.4 Å². The number of carbonyl (C=O) groups excluding carboxylic acids is 3. The maximum atomic E-state index is 14.8. The number of rotatable bonds is 12. The van der Waals surface area contributed by atoms with E-state index in [0.717, 1.165) is 5.56 Å². The monoisotopic (exact) mass is 652 g/mol. The highest BCUT2D eigenvalue weighted by Gasteiger charge is 2.76. The smallest absolute Gasteiger partial charge is 0.310 e. The van der Waals surface area contributed by atoms with Gasteiger partial charge in [0.25, 0.3) is 5.91 Å². The van der Waals surface area contributed by atoms with Crippen molar-refractivity contribution < 1.29 is 24.2 Å². The summed E-state index contributed by atoms with van der Waals surface area (Å²) in [6.45, 7) is 13.6.